The highest BCUT2D eigenvalue weighted by Gasteiger charge is 2.30. The molecule has 0 bridgehead atoms. The summed E-state index contributed by atoms with van der Waals surface area (Å²) in [6, 6.07) is 15.0. The molecule has 8 heteroatoms. The average molecular weight is 410 g/mol. The van der Waals surface area contributed by atoms with Crippen molar-refractivity contribution in [3.8, 4) is 0 Å². The van der Waals surface area contributed by atoms with Crippen LogP contribution in [-0.2, 0) is 12.6 Å². The SMILES string of the molecule is O=C(Nc1ccc(Cc2c[nH]c3ncccc23)cc1)Nc1cccc(C(F)(F)F)c1. The van der Waals surface area contributed by atoms with Crippen LogP contribution in [0.5, 0.6) is 0 Å². The third-order valence-corrected chi connectivity index (χ3v) is 4.59. The van der Waals surface area contributed by atoms with Gasteiger partial charge in [0, 0.05) is 29.2 Å². The molecule has 0 fully saturated rings. The van der Waals surface area contributed by atoms with Crippen molar-refractivity contribution in [2.75, 3.05) is 10.6 Å². The predicted octanol–water partition coefficient (Wildman–Crippen LogP) is 5.82. The zero-order chi connectivity index (χ0) is 21.1. The number of nitrogens with zero attached hydrogens (tertiary/aromatic N) is 1. The van der Waals surface area contributed by atoms with Gasteiger partial charge in [0.1, 0.15) is 5.65 Å². The summed E-state index contributed by atoms with van der Waals surface area (Å²) in [7, 11) is 0. The van der Waals surface area contributed by atoms with Crippen molar-refractivity contribution < 1.29 is 18.0 Å². The molecular weight excluding hydrogens is 393 g/mol. The minimum atomic E-state index is -4.47. The van der Waals surface area contributed by atoms with E-state index in [-0.39, 0.29) is 5.69 Å². The maximum atomic E-state index is 12.8. The zero-order valence-corrected chi connectivity index (χ0v) is 15.6. The van der Waals surface area contributed by atoms with Gasteiger partial charge >= 0.3 is 12.2 Å². The number of aromatic amines is 1. The van der Waals surface area contributed by atoms with Crippen LogP contribution in [-0.4, -0.2) is 16.0 Å². The van der Waals surface area contributed by atoms with Gasteiger partial charge in [-0.3, -0.25) is 0 Å². The zero-order valence-electron chi connectivity index (χ0n) is 15.6. The number of alkyl halides is 3. The number of nitrogens with one attached hydrogen (secondary N) is 3. The smallest absolute Gasteiger partial charge is 0.346 e. The number of benzene rings is 2. The fraction of sp³-hybridized carbons (Fsp3) is 0.0909. The number of rotatable bonds is 4. The van der Waals surface area contributed by atoms with Crippen molar-refractivity contribution in [2.24, 2.45) is 0 Å². The average Bonchev–Trinajstić information content (AvgIpc) is 3.12. The molecule has 2 aromatic carbocycles. The van der Waals surface area contributed by atoms with E-state index in [1.54, 1.807) is 18.3 Å². The van der Waals surface area contributed by atoms with Gasteiger partial charge in [0.05, 0.1) is 5.56 Å². The summed E-state index contributed by atoms with van der Waals surface area (Å²) >= 11 is 0. The van der Waals surface area contributed by atoms with E-state index in [0.717, 1.165) is 34.3 Å². The molecule has 5 nitrogen and oxygen atoms in total. The highest BCUT2D eigenvalue weighted by atomic mass is 19.4. The number of H-pyrrole nitrogens is 1. The van der Waals surface area contributed by atoms with Crippen LogP contribution >= 0.6 is 0 Å². The van der Waals surface area contributed by atoms with E-state index in [0.29, 0.717) is 12.1 Å². The minimum Gasteiger partial charge on any atom is -0.346 e. The topological polar surface area (TPSA) is 69.8 Å². The molecule has 0 saturated carbocycles. The van der Waals surface area contributed by atoms with Gasteiger partial charge in [0.25, 0.3) is 0 Å². The molecule has 3 N–H and O–H groups in total. The first-order valence-corrected chi connectivity index (χ1v) is 9.14. The van der Waals surface area contributed by atoms with Crippen molar-refractivity contribution in [1.29, 1.82) is 0 Å². The Morgan fingerprint density at radius 1 is 0.967 bits per heavy atom. The van der Waals surface area contributed by atoms with Gasteiger partial charge < -0.3 is 15.6 Å². The van der Waals surface area contributed by atoms with Crippen LogP contribution in [0.3, 0.4) is 0 Å². The molecule has 0 aliphatic carbocycles. The molecule has 2 aromatic heterocycles. The van der Waals surface area contributed by atoms with E-state index < -0.39 is 17.8 Å². The van der Waals surface area contributed by atoms with Crippen molar-refractivity contribution in [2.45, 2.75) is 12.6 Å². The number of carbonyl (C=O) groups is 1. The van der Waals surface area contributed by atoms with Gasteiger partial charge in [0.2, 0.25) is 0 Å². The minimum absolute atomic E-state index is 0.0619. The van der Waals surface area contributed by atoms with E-state index in [9.17, 15) is 18.0 Å². The molecule has 4 aromatic rings. The number of halogens is 3. The molecule has 0 spiro atoms. The molecule has 0 radical (unpaired) electrons. The van der Waals surface area contributed by atoms with Crippen LogP contribution in [0.4, 0.5) is 29.3 Å². The van der Waals surface area contributed by atoms with Gasteiger partial charge in [-0.25, -0.2) is 9.78 Å². The molecule has 4 rings (SSSR count). The third-order valence-electron chi connectivity index (χ3n) is 4.59. The highest BCUT2D eigenvalue weighted by molar-refractivity contribution is 5.99. The molecule has 0 saturated heterocycles. The molecule has 2 heterocycles. The van der Waals surface area contributed by atoms with Gasteiger partial charge in [-0.15, -0.1) is 0 Å². The lowest BCUT2D eigenvalue weighted by Gasteiger charge is -2.11. The molecular formula is C22H17F3N4O. The predicted molar refractivity (Wildman–Crippen MR) is 109 cm³/mol. The van der Waals surface area contributed by atoms with Crippen LogP contribution in [0, 0.1) is 0 Å². The Hall–Kier alpha value is -3.81. The van der Waals surface area contributed by atoms with E-state index in [1.165, 1.54) is 12.1 Å². The van der Waals surface area contributed by atoms with Crippen LogP contribution in [0.15, 0.2) is 73.1 Å². The monoisotopic (exact) mass is 410 g/mol. The highest BCUT2D eigenvalue weighted by Crippen LogP contribution is 2.30. The number of hydrogen-bond donors (Lipinski definition) is 3. The molecule has 0 atom stereocenters. The first kappa shape index (κ1) is 19.5. The first-order valence-electron chi connectivity index (χ1n) is 9.14. The number of fused-ring (bicyclic) bond motifs is 1. The lowest BCUT2D eigenvalue weighted by Crippen LogP contribution is -2.19. The summed E-state index contributed by atoms with van der Waals surface area (Å²) in [5.41, 5.74) is 2.76. The summed E-state index contributed by atoms with van der Waals surface area (Å²) in [6.07, 6.45) is -0.118. The molecule has 152 valence electrons. The summed E-state index contributed by atoms with van der Waals surface area (Å²) in [5, 5.41) is 6.09. The Bertz CT molecular complexity index is 1180. The second kappa shape index (κ2) is 7.90. The number of aromatic nitrogens is 2. The fourth-order valence-corrected chi connectivity index (χ4v) is 3.15. The lowest BCUT2D eigenvalue weighted by molar-refractivity contribution is -0.137. The number of hydrogen-bond acceptors (Lipinski definition) is 2. The third kappa shape index (κ3) is 4.43. The van der Waals surface area contributed by atoms with E-state index >= 15 is 0 Å². The number of pyridine rings is 1. The largest absolute Gasteiger partial charge is 0.416 e. The van der Waals surface area contributed by atoms with Gasteiger partial charge in [-0.1, -0.05) is 18.2 Å². The number of urea groups is 1. The molecule has 0 unspecified atom stereocenters. The van der Waals surface area contributed by atoms with E-state index in [4.69, 9.17) is 0 Å². The number of amides is 2. The normalized spacial score (nSPS) is 11.4. The second-order valence-corrected chi connectivity index (χ2v) is 6.74. The maximum absolute atomic E-state index is 12.8. The van der Waals surface area contributed by atoms with Crippen LogP contribution < -0.4 is 10.6 Å². The maximum Gasteiger partial charge on any atom is 0.416 e. The van der Waals surface area contributed by atoms with Crippen molar-refractivity contribution in [3.05, 3.63) is 89.7 Å². The van der Waals surface area contributed by atoms with E-state index in [2.05, 4.69) is 20.6 Å². The van der Waals surface area contributed by atoms with Crippen molar-refractivity contribution in [3.63, 3.8) is 0 Å². The standard InChI is InChI=1S/C22H17F3N4O/c23-22(24,25)16-3-1-4-18(12-16)29-21(30)28-17-8-6-14(7-9-17)11-15-13-27-20-19(15)5-2-10-26-20/h1-10,12-13H,11H2,(H,26,27)(H2,28,29,30). The van der Waals surface area contributed by atoms with Gasteiger partial charge in [-0.05, 0) is 60.0 Å². The number of anilines is 2. The summed E-state index contributed by atoms with van der Waals surface area (Å²) in [6.45, 7) is 0. The van der Waals surface area contributed by atoms with Crippen LogP contribution in [0.25, 0.3) is 11.0 Å². The van der Waals surface area contributed by atoms with Crippen LogP contribution in [0.2, 0.25) is 0 Å². The fourth-order valence-electron chi connectivity index (χ4n) is 3.15. The van der Waals surface area contributed by atoms with Gasteiger partial charge in [-0.2, -0.15) is 13.2 Å². The lowest BCUT2D eigenvalue weighted by atomic mass is 10.0. The number of carbonyl (C=O) groups excluding carboxylic acids is 1. The molecule has 2 amide bonds. The summed E-state index contributed by atoms with van der Waals surface area (Å²) in [4.78, 5) is 19.5. The molecule has 0 aliphatic rings. The molecule has 0 aliphatic heterocycles. The Balaban J connectivity index is 1.39. The Kier molecular flexibility index (Phi) is 5.14. The summed E-state index contributed by atoms with van der Waals surface area (Å²) < 4.78 is 38.3. The van der Waals surface area contributed by atoms with Crippen molar-refractivity contribution >= 4 is 28.4 Å². The summed E-state index contributed by atoms with van der Waals surface area (Å²) in [5.74, 6) is 0. The Labute approximate surface area is 170 Å². The first-order chi connectivity index (χ1) is 14.4. The molecule has 30 heavy (non-hydrogen) atoms. The quantitative estimate of drug-likeness (QED) is 0.397. The second-order valence-electron chi connectivity index (χ2n) is 6.74. The Morgan fingerprint density at radius 3 is 2.50 bits per heavy atom. The van der Waals surface area contributed by atoms with Crippen molar-refractivity contribution in [1.82, 2.24) is 9.97 Å². The van der Waals surface area contributed by atoms with E-state index in [1.807, 2.05) is 30.5 Å². The van der Waals surface area contributed by atoms with Crippen LogP contribution in [0.1, 0.15) is 16.7 Å². The Morgan fingerprint density at radius 2 is 1.73 bits per heavy atom. The van der Waals surface area contributed by atoms with Gasteiger partial charge in [0.15, 0.2) is 0 Å².